The zero-order valence-corrected chi connectivity index (χ0v) is 10.3. The highest BCUT2D eigenvalue weighted by Crippen LogP contribution is 2.19. The first kappa shape index (κ1) is 12.1. The molecule has 0 spiro atoms. The third-order valence-corrected chi connectivity index (χ3v) is 3.28. The lowest BCUT2D eigenvalue weighted by molar-refractivity contribution is -0.133. The van der Waals surface area contributed by atoms with Crippen LogP contribution in [0.25, 0.3) is 0 Å². The number of amides is 1. The maximum atomic E-state index is 12.2. The Morgan fingerprint density at radius 3 is 3.06 bits per heavy atom. The summed E-state index contributed by atoms with van der Waals surface area (Å²) in [6.07, 6.45) is 3.59. The van der Waals surface area contributed by atoms with E-state index >= 15 is 0 Å². The molecule has 1 saturated heterocycles. The average Bonchev–Trinajstić information content (AvgIpc) is 2.77. The van der Waals surface area contributed by atoms with Crippen LogP contribution in [0.2, 0.25) is 0 Å². The van der Waals surface area contributed by atoms with Crippen LogP contribution in [0.15, 0.2) is 16.8 Å². The summed E-state index contributed by atoms with van der Waals surface area (Å²) in [4.78, 5) is 14.1. The van der Waals surface area contributed by atoms with E-state index in [4.69, 9.17) is 4.52 Å². The molecule has 94 valence electrons. The quantitative estimate of drug-likeness (QED) is 0.852. The van der Waals surface area contributed by atoms with Crippen LogP contribution in [-0.4, -0.2) is 35.6 Å². The summed E-state index contributed by atoms with van der Waals surface area (Å²) < 4.78 is 5.07. The molecule has 2 atom stereocenters. The van der Waals surface area contributed by atoms with Gasteiger partial charge in [-0.25, -0.2) is 0 Å². The van der Waals surface area contributed by atoms with Gasteiger partial charge in [0, 0.05) is 12.6 Å². The first-order valence-corrected chi connectivity index (χ1v) is 6.06. The van der Waals surface area contributed by atoms with Crippen LogP contribution in [0.3, 0.4) is 0 Å². The van der Waals surface area contributed by atoms with Crippen molar-refractivity contribution in [3.8, 4) is 0 Å². The third kappa shape index (κ3) is 2.85. The van der Waals surface area contributed by atoms with E-state index in [2.05, 4.69) is 17.4 Å². The molecule has 1 aromatic heterocycles. The highest BCUT2D eigenvalue weighted by Gasteiger charge is 2.28. The molecule has 0 aliphatic carbocycles. The molecule has 17 heavy (non-hydrogen) atoms. The molecule has 0 radical (unpaired) electrons. The van der Waals surface area contributed by atoms with E-state index in [1.165, 1.54) is 0 Å². The number of nitrogens with zero attached hydrogens (tertiary/aromatic N) is 2. The highest BCUT2D eigenvalue weighted by atomic mass is 16.5. The van der Waals surface area contributed by atoms with Crippen molar-refractivity contribution in [1.29, 1.82) is 0 Å². The van der Waals surface area contributed by atoms with Gasteiger partial charge in [0.1, 0.15) is 0 Å². The molecule has 2 unspecified atom stereocenters. The minimum atomic E-state index is -0.0668. The molecule has 5 heteroatoms. The second kappa shape index (κ2) is 5.31. The summed E-state index contributed by atoms with van der Waals surface area (Å²) in [7, 11) is 1.84. The number of likely N-dealkylation sites (tertiary alicyclic amines) is 1. The van der Waals surface area contributed by atoms with Gasteiger partial charge in [-0.05, 0) is 25.8 Å². The second-order valence-corrected chi connectivity index (χ2v) is 4.72. The van der Waals surface area contributed by atoms with Gasteiger partial charge in [-0.1, -0.05) is 12.1 Å². The van der Waals surface area contributed by atoms with Crippen LogP contribution in [0.5, 0.6) is 0 Å². The van der Waals surface area contributed by atoms with E-state index in [-0.39, 0.29) is 11.9 Å². The van der Waals surface area contributed by atoms with Crippen LogP contribution < -0.4 is 5.32 Å². The van der Waals surface area contributed by atoms with Crippen LogP contribution in [0.1, 0.15) is 25.5 Å². The Bertz CT molecular complexity index is 364. The van der Waals surface area contributed by atoms with Gasteiger partial charge in [-0.3, -0.25) is 4.79 Å². The predicted octanol–water partition coefficient (Wildman–Crippen LogP) is 1.02. The molecule has 2 heterocycles. The van der Waals surface area contributed by atoms with Gasteiger partial charge in [0.2, 0.25) is 5.91 Å². The second-order valence-electron chi connectivity index (χ2n) is 4.72. The van der Waals surface area contributed by atoms with Gasteiger partial charge in [-0.15, -0.1) is 0 Å². The van der Waals surface area contributed by atoms with Crippen molar-refractivity contribution in [2.75, 3.05) is 13.6 Å². The maximum absolute atomic E-state index is 12.2. The number of nitrogens with one attached hydrogen (secondary N) is 1. The van der Waals surface area contributed by atoms with E-state index in [0.29, 0.717) is 12.5 Å². The van der Waals surface area contributed by atoms with Gasteiger partial charge >= 0.3 is 0 Å². The minimum Gasteiger partial charge on any atom is -0.360 e. The van der Waals surface area contributed by atoms with Gasteiger partial charge < -0.3 is 14.7 Å². The molecular formula is C12H19N3O2. The standard InChI is InChI=1S/C12H19N3O2/c1-9-3-4-11(13-2)12(16)15(7-9)8-10-5-6-14-17-10/h5-6,9,11,13H,3-4,7-8H2,1-2H3. The fourth-order valence-electron chi connectivity index (χ4n) is 2.27. The van der Waals surface area contributed by atoms with E-state index in [0.717, 1.165) is 25.1 Å². The van der Waals surface area contributed by atoms with Crippen LogP contribution >= 0.6 is 0 Å². The number of rotatable bonds is 3. The summed E-state index contributed by atoms with van der Waals surface area (Å²) in [5.74, 6) is 1.43. The Labute approximate surface area is 101 Å². The SMILES string of the molecule is CNC1CCC(C)CN(Cc2ccno2)C1=O. The molecule has 1 fully saturated rings. The average molecular weight is 237 g/mol. The topological polar surface area (TPSA) is 58.4 Å². The Kier molecular flexibility index (Phi) is 3.78. The largest absolute Gasteiger partial charge is 0.360 e. The van der Waals surface area contributed by atoms with Crippen molar-refractivity contribution >= 4 is 5.91 Å². The van der Waals surface area contributed by atoms with Gasteiger partial charge in [0.05, 0.1) is 18.8 Å². The van der Waals surface area contributed by atoms with Crippen LogP contribution in [-0.2, 0) is 11.3 Å². The van der Waals surface area contributed by atoms with Gasteiger partial charge in [-0.2, -0.15) is 0 Å². The smallest absolute Gasteiger partial charge is 0.240 e. The minimum absolute atomic E-state index is 0.0668. The summed E-state index contributed by atoms with van der Waals surface area (Å²) in [6, 6.07) is 1.74. The first-order chi connectivity index (χ1) is 8.20. The Hall–Kier alpha value is -1.36. The Morgan fingerprint density at radius 2 is 2.41 bits per heavy atom. The molecule has 0 saturated carbocycles. The Morgan fingerprint density at radius 1 is 1.59 bits per heavy atom. The number of carbonyl (C=O) groups is 1. The van der Waals surface area contributed by atoms with E-state index in [1.807, 2.05) is 11.9 Å². The number of likely N-dealkylation sites (N-methyl/N-ethyl adjacent to an activating group) is 1. The van der Waals surface area contributed by atoms with E-state index in [1.54, 1.807) is 12.3 Å². The lowest BCUT2D eigenvalue weighted by Gasteiger charge is -2.24. The fourth-order valence-corrected chi connectivity index (χ4v) is 2.27. The van der Waals surface area contributed by atoms with Gasteiger partial charge in [0.15, 0.2) is 5.76 Å². The maximum Gasteiger partial charge on any atom is 0.240 e. The summed E-state index contributed by atoms with van der Waals surface area (Å²) in [6.45, 7) is 3.48. The summed E-state index contributed by atoms with van der Waals surface area (Å²) in [5, 5.41) is 6.75. The molecule has 0 aromatic carbocycles. The lowest BCUT2D eigenvalue weighted by Crippen LogP contribution is -2.43. The number of aromatic nitrogens is 1. The molecule has 5 nitrogen and oxygen atoms in total. The predicted molar refractivity (Wildman–Crippen MR) is 63.2 cm³/mol. The summed E-state index contributed by atoms with van der Waals surface area (Å²) >= 11 is 0. The zero-order chi connectivity index (χ0) is 12.3. The van der Waals surface area contributed by atoms with Crippen molar-refractivity contribution in [2.45, 2.75) is 32.4 Å². The monoisotopic (exact) mass is 237 g/mol. The summed E-state index contributed by atoms with van der Waals surface area (Å²) in [5.41, 5.74) is 0. The highest BCUT2D eigenvalue weighted by molar-refractivity contribution is 5.82. The van der Waals surface area contributed by atoms with E-state index < -0.39 is 0 Å². The molecule has 1 amide bonds. The van der Waals surface area contributed by atoms with Crippen LogP contribution in [0, 0.1) is 5.92 Å². The molecule has 0 bridgehead atoms. The fraction of sp³-hybridized carbons (Fsp3) is 0.667. The van der Waals surface area contributed by atoms with Gasteiger partial charge in [0.25, 0.3) is 0 Å². The van der Waals surface area contributed by atoms with Crippen molar-refractivity contribution in [3.05, 3.63) is 18.0 Å². The van der Waals surface area contributed by atoms with Crippen molar-refractivity contribution < 1.29 is 9.32 Å². The first-order valence-electron chi connectivity index (χ1n) is 6.06. The molecule has 1 aliphatic rings. The Balaban J connectivity index is 2.09. The van der Waals surface area contributed by atoms with E-state index in [9.17, 15) is 4.79 Å². The number of hydrogen-bond acceptors (Lipinski definition) is 4. The lowest BCUT2D eigenvalue weighted by atomic mass is 10.0. The molecule has 2 rings (SSSR count). The van der Waals surface area contributed by atoms with Crippen molar-refractivity contribution in [3.63, 3.8) is 0 Å². The number of carbonyl (C=O) groups excluding carboxylic acids is 1. The zero-order valence-electron chi connectivity index (χ0n) is 10.3. The normalized spacial score (nSPS) is 26.0. The molecular weight excluding hydrogens is 218 g/mol. The molecule has 1 aliphatic heterocycles. The third-order valence-electron chi connectivity index (χ3n) is 3.28. The van der Waals surface area contributed by atoms with Crippen molar-refractivity contribution in [1.82, 2.24) is 15.4 Å². The van der Waals surface area contributed by atoms with Crippen molar-refractivity contribution in [2.24, 2.45) is 5.92 Å². The number of hydrogen-bond donors (Lipinski definition) is 1. The molecule has 1 N–H and O–H groups in total. The molecule has 1 aromatic rings. The van der Waals surface area contributed by atoms with Crippen LogP contribution in [0.4, 0.5) is 0 Å².